The second-order valence-corrected chi connectivity index (χ2v) is 6.70. The molecule has 3 aliphatic rings. The number of morpholine rings is 1. The first-order chi connectivity index (χ1) is 13.1. The summed E-state index contributed by atoms with van der Waals surface area (Å²) in [5, 5.41) is 3.00. The topological polar surface area (TPSA) is 108 Å². The van der Waals surface area contributed by atoms with Gasteiger partial charge in [-0.3, -0.25) is 19.4 Å². The molecule has 28 heavy (non-hydrogen) atoms. The van der Waals surface area contributed by atoms with E-state index in [1.54, 1.807) is 24.3 Å². The molecule has 2 atom stereocenters. The van der Waals surface area contributed by atoms with Gasteiger partial charge in [0.15, 0.2) is 0 Å². The Hall–Kier alpha value is -2.72. The number of nitrogens with one attached hydrogen (secondary N) is 2. The maximum atomic E-state index is 13.0. The van der Waals surface area contributed by atoms with Crippen LogP contribution in [-0.2, 0) is 14.3 Å². The summed E-state index contributed by atoms with van der Waals surface area (Å²) in [6.45, 7) is 2.35. The molecule has 2 aromatic rings. The molecule has 3 aliphatic heterocycles. The number of nitrogens with zero attached hydrogens (tertiary/aromatic N) is 3. The summed E-state index contributed by atoms with van der Waals surface area (Å²) in [7, 11) is 0. The normalized spacial score (nSPS) is 23.1. The van der Waals surface area contributed by atoms with Crippen molar-refractivity contribution in [3.05, 3.63) is 46.2 Å². The van der Waals surface area contributed by atoms with Gasteiger partial charge in [0.2, 0.25) is 11.9 Å². The number of hydrogen-bond donors (Lipinski definition) is 2. The molecule has 2 saturated heterocycles. The molecule has 2 amide bonds. The maximum absolute atomic E-state index is 13.0. The number of amides is 2. The predicted octanol–water partition coefficient (Wildman–Crippen LogP) is 0.635. The Morgan fingerprint density at radius 1 is 1.04 bits per heavy atom. The molecular weight excluding hydrogens is 430 g/mol. The molecule has 0 spiro atoms. The van der Waals surface area contributed by atoms with Crippen LogP contribution in [0.15, 0.2) is 35.1 Å². The Kier molecular flexibility index (Phi) is 4.68. The fourth-order valence-corrected chi connectivity index (χ4v) is 3.88. The van der Waals surface area contributed by atoms with E-state index in [-0.39, 0.29) is 28.5 Å². The van der Waals surface area contributed by atoms with Gasteiger partial charge in [-0.15, -0.1) is 17.0 Å². The molecular formula is C18H18BrN5O4. The van der Waals surface area contributed by atoms with Crippen molar-refractivity contribution in [1.29, 1.82) is 0 Å². The average molecular weight is 448 g/mol. The van der Waals surface area contributed by atoms with Gasteiger partial charge in [-0.05, 0) is 12.1 Å². The van der Waals surface area contributed by atoms with Gasteiger partial charge in [0.1, 0.15) is 17.8 Å². The lowest BCUT2D eigenvalue weighted by Crippen LogP contribution is -2.39. The smallest absolute Gasteiger partial charge is 0.258 e. The Morgan fingerprint density at radius 3 is 2.46 bits per heavy atom. The van der Waals surface area contributed by atoms with E-state index in [9.17, 15) is 14.4 Å². The highest BCUT2D eigenvalue weighted by Crippen LogP contribution is 2.41. The van der Waals surface area contributed by atoms with Crippen LogP contribution in [0.1, 0.15) is 11.5 Å². The third kappa shape index (κ3) is 2.71. The number of aromatic amines is 1. The third-order valence-electron chi connectivity index (χ3n) is 5.18. The number of para-hydroxylation sites is 1. The van der Waals surface area contributed by atoms with Crippen LogP contribution in [0.2, 0.25) is 0 Å². The molecule has 2 fully saturated rings. The Labute approximate surface area is 170 Å². The molecule has 5 rings (SSSR count). The Balaban J connectivity index is 0.00000192. The number of anilines is 3. The highest BCUT2D eigenvalue weighted by Gasteiger charge is 2.55. The summed E-state index contributed by atoms with van der Waals surface area (Å²) in [4.78, 5) is 48.8. The number of carbonyl (C=O) groups excluding carboxylic acids is 2. The summed E-state index contributed by atoms with van der Waals surface area (Å²) in [6, 6.07) is 7.91. The zero-order valence-electron chi connectivity index (χ0n) is 14.8. The van der Waals surface area contributed by atoms with Crippen LogP contribution in [0.3, 0.4) is 0 Å². The van der Waals surface area contributed by atoms with Crippen molar-refractivity contribution in [2.75, 3.05) is 41.4 Å². The molecule has 0 radical (unpaired) electrons. The maximum Gasteiger partial charge on any atom is 0.258 e. The van der Waals surface area contributed by atoms with Crippen molar-refractivity contribution in [2.24, 2.45) is 0 Å². The molecule has 0 bridgehead atoms. The van der Waals surface area contributed by atoms with Crippen LogP contribution in [-0.4, -0.2) is 54.1 Å². The quantitative estimate of drug-likeness (QED) is 0.650. The minimum absolute atomic E-state index is 0. The average Bonchev–Trinajstić information content (AvgIpc) is 3.19. The van der Waals surface area contributed by atoms with Gasteiger partial charge < -0.3 is 15.0 Å². The third-order valence-corrected chi connectivity index (χ3v) is 5.18. The molecule has 10 heteroatoms. The molecule has 2 N–H and O–H groups in total. The van der Waals surface area contributed by atoms with Crippen LogP contribution in [0.4, 0.5) is 17.5 Å². The van der Waals surface area contributed by atoms with E-state index in [0.29, 0.717) is 43.8 Å². The van der Waals surface area contributed by atoms with Gasteiger partial charge in [-0.1, -0.05) is 18.2 Å². The number of carbonyl (C=O) groups is 2. The highest BCUT2D eigenvalue weighted by atomic mass is 79.9. The Bertz CT molecular complexity index is 989. The van der Waals surface area contributed by atoms with Crippen molar-refractivity contribution in [3.63, 3.8) is 0 Å². The summed E-state index contributed by atoms with van der Waals surface area (Å²) < 4.78 is 5.31. The molecule has 1 aromatic heterocycles. The number of benzene rings is 1. The van der Waals surface area contributed by atoms with Crippen LogP contribution >= 0.6 is 17.0 Å². The standard InChI is InChI=1S/C18H17N5O4.BrH/c24-15-12-11-13(17(26)23(16(11)25)10-4-2-1-3-5-10)19-14(12)20-18(21-15)22-6-8-27-9-7-22;/h1-5,11,13H,6-9H2,(H2,19,20,21,24);1H. The van der Waals surface area contributed by atoms with E-state index in [0.717, 1.165) is 4.90 Å². The van der Waals surface area contributed by atoms with E-state index in [1.807, 2.05) is 11.0 Å². The summed E-state index contributed by atoms with van der Waals surface area (Å²) in [6.07, 6.45) is 0. The van der Waals surface area contributed by atoms with E-state index in [1.165, 1.54) is 0 Å². The number of aromatic nitrogens is 2. The van der Waals surface area contributed by atoms with Gasteiger partial charge in [0, 0.05) is 13.1 Å². The second kappa shape index (κ2) is 7.02. The molecule has 0 aliphatic carbocycles. The minimum Gasteiger partial charge on any atom is -0.378 e. The van der Waals surface area contributed by atoms with Crippen LogP contribution in [0.5, 0.6) is 0 Å². The van der Waals surface area contributed by atoms with E-state index < -0.39 is 23.4 Å². The first-order valence-electron chi connectivity index (χ1n) is 8.81. The fraction of sp³-hybridized carbons (Fsp3) is 0.333. The number of rotatable bonds is 2. The fourth-order valence-electron chi connectivity index (χ4n) is 3.88. The van der Waals surface area contributed by atoms with Crippen molar-refractivity contribution >= 4 is 46.2 Å². The molecule has 4 heterocycles. The van der Waals surface area contributed by atoms with Gasteiger partial charge in [0.25, 0.3) is 11.5 Å². The van der Waals surface area contributed by atoms with Crippen molar-refractivity contribution in [1.82, 2.24) is 9.97 Å². The van der Waals surface area contributed by atoms with Gasteiger partial charge >= 0.3 is 0 Å². The molecule has 1 aromatic carbocycles. The van der Waals surface area contributed by atoms with Crippen molar-refractivity contribution in [2.45, 2.75) is 12.0 Å². The zero-order chi connectivity index (χ0) is 18.5. The number of fused-ring (bicyclic) bond motifs is 3. The zero-order valence-corrected chi connectivity index (χ0v) is 16.5. The first-order valence-corrected chi connectivity index (χ1v) is 8.81. The van der Waals surface area contributed by atoms with E-state index in [2.05, 4.69) is 15.3 Å². The van der Waals surface area contributed by atoms with Crippen molar-refractivity contribution < 1.29 is 14.3 Å². The van der Waals surface area contributed by atoms with Crippen molar-refractivity contribution in [3.8, 4) is 0 Å². The molecule has 0 saturated carbocycles. The number of halogens is 1. The van der Waals surface area contributed by atoms with E-state index >= 15 is 0 Å². The monoisotopic (exact) mass is 447 g/mol. The molecule has 2 unspecified atom stereocenters. The number of ether oxygens (including phenoxy) is 1. The SMILES string of the molecule is Br.O=C1C2Nc3nc(N4CCOCC4)[nH]c(=O)c3C2C(=O)N1c1ccccc1. The number of hydrogen-bond acceptors (Lipinski definition) is 7. The summed E-state index contributed by atoms with van der Waals surface area (Å²) in [5.74, 6) is -0.905. The largest absolute Gasteiger partial charge is 0.378 e. The van der Waals surface area contributed by atoms with Gasteiger partial charge in [-0.2, -0.15) is 4.98 Å². The van der Waals surface area contributed by atoms with E-state index in [4.69, 9.17) is 4.74 Å². The number of imide groups is 1. The molecule has 146 valence electrons. The van der Waals surface area contributed by atoms with Crippen LogP contribution in [0, 0.1) is 0 Å². The van der Waals surface area contributed by atoms with Crippen LogP contribution in [0.25, 0.3) is 0 Å². The first kappa shape index (κ1) is 18.6. The second-order valence-electron chi connectivity index (χ2n) is 6.70. The van der Waals surface area contributed by atoms with Crippen LogP contribution < -0.4 is 20.7 Å². The predicted molar refractivity (Wildman–Crippen MR) is 107 cm³/mol. The van der Waals surface area contributed by atoms with Gasteiger partial charge in [-0.25, -0.2) is 4.90 Å². The molecule has 9 nitrogen and oxygen atoms in total. The minimum atomic E-state index is -0.859. The highest BCUT2D eigenvalue weighted by molar-refractivity contribution is 8.93. The summed E-state index contributed by atoms with van der Waals surface area (Å²) in [5.41, 5.74) is 0.339. The lowest BCUT2D eigenvalue weighted by atomic mass is 9.99. The lowest BCUT2D eigenvalue weighted by molar-refractivity contribution is -0.121. The number of H-pyrrole nitrogens is 1. The lowest BCUT2D eigenvalue weighted by Gasteiger charge is -2.27. The van der Waals surface area contributed by atoms with Gasteiger partial charge in [0.05, 0.1) is 24.5 Å². The Morgan fingerprint density at radius 2 is 1.75 bits per heavy atom. The summed E-state index contributed by atoms with van der Waals surface area (Å²) >= 11 is 0.